The van der Waals surface area contributed by atoms with Crippen LogP contribution in [0.3, 0.4) is 0 Å². The summed E-state index contributed by atoms with van der Waals surface area (Å²) >= 11 is 0. The molecule has 0 saturated heterocycles. The van der Waals surface area contributed by atoms with Crippen molar-refractivity contribution in [3.63, 3.8) is 0 Å². The molecule has 4 heteroatoms. The quantitative estimate of drug-likeness (QED) is 0.660. The molecule has 4 nitrogen and oxygen atoms in total. The number of hydrogen-bond donors (Lipinski definition) is 3. The highest BCUT2D eigenvalue weighted by atomic mass is 16.3. The van der Waals surface area contributed by atoms with Crippen LogP contribution in [0.1, 0.15) is 22.3 Å². The number of aryl methyl sites for hydroxylation is 1. The number of amides is 1. The van der Waals surface area contributed by atoms with Gasteiger partial charge in [0.15, 0.2) is 0 Å². The van der Waals surface area contributed by atoms with Crippen molar-refractivity contribution >= 4 is 5.91 Å². The van der Waals surface area contributed by atoms with Crippen LogP contribution in [-0.2, 0) is 0 Å². The Hall–Kier alpha value is -1.55. The first-order valence-electron chi connectivity index (χ1n) is 4.94. The number of aromatic hydroxyl groups is 1. The third-order valence-electron chi connectivity index (χ3n) is 2.64. The van der Waals surface area contributed by atoms with Crippen molar-refractivity contribution < 1.29 is 9.90 Å². The van der Waals surface area contributed by atoms with Gasteiger partial charge in [-0.2, -0.15) is 0 Å². The van der Waals surface area contributed by atoms with Crippen LogP contribution in [0.5, 0.6) is 5.75 Å². The fraction of sp³-hybridized carbons (Fsp3) is 0.364. The number of hydrogen-bond acceptors (Lipinski definition) is 3. The van der Waals surface area contributed by atoms with E-state index in [1.165, 1.54) is 0 Å². The highest BCUT2D eigenvalue weighted by molar-refractivity contribution is 5.97. The SMILES string of the molecule is Cc1cccc(C(=O)NC2CC2N)c1O. The van der Waals surface area contributed by atoms with Gasteiger partial charge < -0.3 is 16.2 Å². The number of para-hydroxylation sites is 1. The summed E-state index contributed by atoms with van der Waals surface area (Å²) in [5.74, 6) is -0.210. The molecule has 0 heterocycles. The summed E-state index contributed by atoms with van der Waals surface area (Å²) in [6.45, 7) is 1.76. The minimum absolute atomic E-state index is 0.0456. The number of phenols is 1. The zero-order chi connectivity index (χ0) is 11.0. The van der Waals surface area contributed by atoms with E-state index < -0.39 is 0 Å². The lowest BCUT2D eigenvalue weighted by Crippen LogP contribution is -2.29. The van der Waals surface area contributed by atoms with Gasteiger partial charge in [0.25, 0.3) is 5.91 Å². The largest absolute Gasteiger partial charge is 0.507 e. The lowest BCUT2D eigenvalue weighted by Gasteiger charge is -2.07. The summed E-state index contributed by atoms with van der Waals surface area (Å²) in [7, 11) is 0. The second kappa shape index (κ2) is 3.55. The van der Waals surface area contributed by atoms with Gasteiger partial charge in [0.1, 0.15) is 5.75 Å². The Labute approximate surface area is 88.1 Å². The average Bonchev–Trinajstić information content (AvgIpc) is 2.86. The average molecular weight is 206 g/mol. The van der Waals surface area contributed by atoms with Crippen molar-refractivity contribution in [2.24, 2.45) is 5.73 Å². The van der Waals surface area contributed by atoms with Crippen molar-refractivity contribution in [2.75, 3.05) is 0 Å². The van der Waals surface area contributed by atoms with Crippen LogP contribution >= 0.6 is 0 Å². The number of rotatable bonds is 2. The molecule has 15 heavy (non-hydrogen) atoms. The maximum atomic E-state index is 11.7. The molecule has 0 aromatic heterocycles. The molecule has 4 N–H and O–H groups in total. The molecule has 1 aromatic rings. The molecule has 1 aliphatic carbocycles. The molecule has 2 rings (SSSR count). The predicted octanol–water partition coefficient (Wildman–Crippen LogP) is 0.530. The number of carbonyl (C=O) groups is 1. The Morgan fingerprint density at radius 1 is 1.60 bits per heavy atom. The van der Waals surface area contributed by atoms with Crippen LogP contribution in [0.4, 0.5) is 0 Å². The van der Waals surface area contributed by atoms with Gasteiger partial charge >= 0.3 is 0 Å². The molecule has 0 aliphatic heterocycles. The van der Waals surface area contributed by atoms with E-state index in [-0.39, 0.29) is 23.7 Å². The van der Waals surface area contributed by atoms with Crippen LogP contribution in [0.2, 0.25) is 0 Å². The van der Waals surface area contributed by atoms with Crippen LogP contribution in [0, 0.1) is 6.92 Å². The normalized spacial score (nSPS) is 23.6. The monoisotopic (exact) mass is 206 g/mol. The molecular formula is C11H14N2O2. The maximum absolute atomic E-state index is 11.7. The molecule has 2 atom stereocenters. The number of carbonyl (C=O) groups excluding carboxylic acids is 1. The van der Waals surface area contributed by atoms with E-state index in [0.29, 0.717) is 11.1 Å². The van der Waals surface area contributed by atoms with E-state index in [4.69, 9.17) is 5.73 Å². The molecule has 0 radical (unpaired) electrons. The molecule has 0 spiro atoms. The van der Waals surface area contributed by atoms with E-state index in [1.807, 2.05) is 0 Å². The smallest absolute Gasteiger partial charge is 0.255 e. The molecule has 2 unspecified atom stereocenters. The van der Waals surface area contributed by atoms with E-state index in [9.17, 15) is 9.90 Å². The summed E-state index contributed by atoms with van der Waals surface area (Å²) in [6, 6.07) is 5.25. The topological polar surface area (TPSA) is 75.4 Å². The van der Waals surface area contributed by atoms with E-state index in [0.717, 1.165) is 6.42 Å². The van der Waals surface area contributed by atoms with Crippen LogP contribution in [-0.4, -0.2) is 23.1 Å². The number of nitrogens with two attached hydrogens (primary N) is 1. The summed E-state index contributed by atoms with van der Waals surface area (Å²) in [4.78, 5) is 11.7. The number of nitrogens with one attached hydrogen (secondary N) is 1. The fourth-order valence-electron chi connectivity index (χ4n) is 1.47. The molecule has 1 aromatic carbocycles. The molecular weight excluding hydrogens is 192 g/mol. The van der Waals surface area contributed by atoms with Gasteiger partial charge in [-0.25, -0.2) is 0 Å². The van der Waals surface area contributed by atoms with Crippen LogP contribution < -0.4 is 11.1 Å². The van der Waals surface area contributed by atoms with Crippen molar-refractivity contribution in [3.05, 3.63) is 29.3 Å². The molecule has 1 aliphatic rings. The van der Waals surface area contributed by atoms with Crippen molar-refractivity contribution in [1.29, 1.82) is 0 Å². The Bertz CT molecular complexity index is 404. The Balaban J connectivity index is 2.14. The zero-order valence-electron chi connectivity index (χ0n) is 8.53. The maximum Gasteiger partial charge on any atom is 0.255 e. The van der Waals surface area contributed by atoms with Gasteiger partial charge in [-0.15, -0.1) is 0 Å². The fourth-order valence-corrected chi connectivity index (χ4v) is 1.47. The van der Waals surface area contributed by atoms with Crippen LogP contribution in [0.25, 0.3) is 0 Å². The molecule has 1 fully saturated rings. The number of benzene rings is 1. The Kier molecular flexibility index (Phi) is 2.36. The van der Waals surface area contributed by atoms with E-state index in [1.54, 1.807) is 25.1 Å². The zero-order valence-corrected chi connectivity index (χ0v) is 8.53. The van der Waals surface area contributed by atoms with Crippen molar-refractivity contribution in [1.82, 2.24) is 5.32 Å². The molecule has 1 amide bonds. The summed E-state index contributed by atoms with van der Waals surface area (Å²) in [6.07, 6.45) is 0.818. The first-order valence-corrected chi connectivity index (χ1v) is 4.94. The standard InChI is InChI=1S/C11H14N2O2/c1-6-3-2-4-7(10(6)14)11(15)13-9-5-8(9)12/h2-4,8-9,14H,5,12H2,1H3,(H,13,15). The first kappa shape index (κ1) is 9.98. The molecule has 1 saturated carbocycles. The minimum Gasteiger partial charge on any atom is -0.507 e. The molecule has 0 bridgehead atoms. The predicted molar refractivity (Wildman–Crippen MR) is 56.7 cm³/mol. The van der Waals surface area contributed by atoms with Gasteiger partial charge in [-0.3, -0.25) is 4.79 Å². The second-order valence-electron chi connectivity index (χ2n) is 3.95. The van der Waals surface area contributed by atoms with Crippen LogP contribution in [0.15, 0.2) is 18.2 Å². The van der Waals surface area contributed by atoms with Gasteiger partial charge in [-0.05, 0) is 25.0 Å². The van der Waals surface area contributed by atoms with Crippen molar-refractivity contribution in [3.8, 4) is 5.75 Å². The Morgan fingerprint density at radius 3 is 2.87 bits per heavy atom. The lowest BCUT2D eigenvalue weighted by atomic mass is 10.1. The summed E-state index contributed by atoms with van der Waals surface area (Å²) < 4.78 is 0. The molecule has 80 valence electrons. The Morgan fingerprint density at radius 2 is 2.27 bits per heavy atom. The third-order valence-corrected chi connectivity index (χ3v) is 2.64. The first-order chi connectivity index (χ1) is 7.09. The van der Waals surface area contributed by atoms with Gasteiger partial charge in [0, 0.05) is 12.1 Å². The summed E-state index contributed by atoms with van der Waals surface area (Å²) in [5, 5.41) is 12.4. The highest BCUT2D eigenvalue weighted by Gasteiger charge is 2.35. The second-order valence-corrected chi connectivity index (χ2v) is 3.95. The number of phenolic OH excluding ortho intramolecular Hbond substituents is 1. The van der Waals surface area contributed by atoms with Gasteiger partial charge in [0.05, 0.1) is 5.56 Å². The van der Waals surface area contributed by atoms with Gasteiger partial charge in [0.2, 0.25) is 0 Å². The lowest BCUT2D eigenvalue weighted by molar-refractivity contribution is 0.0947. The van der Waals surface area contributed by atoms with Crippen molar-refractivity contribution in [2.45, 2.75) is 25.4 Å². The van der Waals surface area contributed by atoms with E-state index >= 15 is 0 Å². The van der Waals surface area contributed by atoms with E-state index in [2.05, 4.69) is 5.32 Å². The summed E-state index contributed by atoms with van der Waals surface area (Å²) in [5.41, 5.74) is 6.59. The minimum atomic E-state index is -0.255. The third kappa shape index (κ3) is 1.94. The van der Waals surface area contributed by atoms with Gasteiger partial charge in [-0.1, -0.05) is 12.1 Å². The highest BCUT2D eigenvalue weighted by Crippen LogP contribution is 2.23.